The molecular weight excluding hydrogens is 282 g/mol. The maximum absolute atomic E-state index is 11.8. The van der Waals surface area contributed by atoms with E-state index in [1.165, 1.54) is 0 Å². The normalized spacial score (nSPS) is 13.4. The first-order valence-corrected chi connectivity index (χ1v) is 7.68. The number of ether oxygens (including phenoxy) is 1. The average Bonchev–Trinajstić information content (AvgIpc) is 2.52. The summed E-state index contributed by atoms with van der Waals surface area (Å²) in [4.78, 5) is 22.9. The van der Waals surface area contributed by atoms with Crippen LogP contribution in [0, 0.1) is 5.92 Å². The minimum absolute atomic E-state index is 0.0872. The molecule has 0 saturated carbocycles. The molecule has 1 aromatic rings. The van der Waals surface area contributed by atoms with E-state index >= 15 is 0 Å². The fourth-order valence-electron chi connectivity index (χ4n) is 2.03. The number of amides is 1. The fourth-order valence-corrected chi connectivity index (χ4v) is 2.03. The van der Waals surface area contributed by atoms with Crippen molar-refractivity contribution < 1.29 is 19.4 Å². The number of carbonyl (C=O) groups is 2. The molecule has 0 aliphatic heterocycles. The highest BCUT2D eigenvalue weighted by Crippen LogP contribution is 2.08. The van der Waals surface area contributed by atoms with Gasteiger partial charge in [0.15, 0.2) is 0 Å². The van der Waals surface area contributed by atoms with Crippen molar-refractivity contribution in [3.05, 3.63) is 35.9 Å². The number of carbonyl (C=O) groups excluding carboxylic acids is 1. The zero-order valence-corrected chi connectivity index (χ0v) is 13.2. The summed E-state index contributed by atoms with van der Waals surface area (Å²) in [6.45, 7) is 4.72. The predicted molar refractivity (Wildman–Crippen MR) is 84.4 cm³/mol. The molecular formula is C17H25NO4. The molecule has 2 N–H and O–H groups in total. The summed E-state index contributed by atoms with van der Waals surface area (Å²) in [5.41, 5.74) is 1.09. The molecule has 0 fully saturated rings. The minimum Gasteiger partial charge on any atom is -0.480 e. The first-order chi connectivity index (χ1) is 10.5. The van der Waals surface area contributed by atoms with E-state index in [9.17, 15) is 9.59 Å². The molecule has 1 amide bonds. The zero-order chi connectivity index (χ0) is 16.4. The van der Waals surface area contributed by atoms with E-state index in [0.717, 1.165) is 5.56 Å². The molecule has 0 spiro atoms. The monoisotopic (exact) mass is 307 g/mol. The molecule has 0 aliphatic rings. The first kappa shape index (κ1) is 18.2. The fraction of sp³-hybridized carbons (Fsp3) is 0.529. The van der Waals surface area contributed by atoms with Gasteiger partial charge in [-0.05, 0) is 17.9 Å². The molecule has 5 nitrogen and oxygen atoms in total. The Labute approximate surface area is 131 Å². The Morgan fingerprint density at radius 3 is 2.55 bits per heavy atom. The van der Waals surface area contributed by atoms with Crippen molar-refractivity contribution in [2.45, 2.75) is 45.8 Å². The lowest BCUT2D eigenvalue weighted by atomic mass is 9.99. The van der Waals surface area contributed by atoms with Crippen molar-refractivity contribution in [1.82, 2.24) is 5.32 Å². The van der Waals surface area contributed by atoms with Gasteiger partial charge in [0.1, 0.15) is 6.04 Å². The Balaban J connectivity index is 2.21. The summed E-state index contributed by atoms with van der Waals surface area (Å²) in [7, 11) is 0. The van der Waals surface area contributed by atoms with E-state index in [0.29, 0.717) is 26.1 Å². The van der Waals surface area contributed by atoms with E-state index in [4.69, 9.17) is 9.84 Å². The molecule has 0 radical (unpaired) electrons. The zero-order valence-electron chi connectivity index (χ0n) is 13.2. The van der Waals surface area contributed by atoms with E-state index in [1.807, 2.05) is 44.2 Å². The van der Waals surface area contributed by atoms with E-state index in [1.54, 1.807) is 0 Å². The molecule has 5 heteroatoms. The largest absolute Gasteiger partial charge is 0.480 e. The van der Waals surface area contributed by atoms with Crippen LogP contribution in [-0.4, -0.2) is 29.6 Å². The standard InChI is InChI=1S/C17H25NO4/c1-3-13(2)16(17(20)21)18-15(19)10-7-11-22-12-14-8-5-4-6-9-14/h4-6,8-9,13,16H,3,7,10-12H2,1-2H3,(H,18,19)(H,20,21). The van der Waals surface area contributed by atoms with Crippen LogP contribution >= 0.6 is 0 Å². The number of rotatable bonds is 10. The lowest BCUT2D eigenvalue weighted by Gasteiger charge is -2.20. The van der Waals surface area contributed by atoms with Gasteiger partial charge >= 0.3 is 5.97 Å². The number of nitrogens with one attached hydrogen (secondary N) is 1. The van der Waals surface area contributed by atoms with Crippen LogP contribution < -0.4 is 5.32 Å². The first-order valence-electron chi connectivity index (χ1n) is 7.68. The topological polar surface area (TPSA) is 75.6 Å². The molecule has 1 aromatic carbocycles. The van der Waals surface area contributed by atoms with Gasteiger partial charge in [-0.3, -0.25) is 4.79 Å². The van der Waals surface area contributed by atoms with E-state index < -0.39 is 12.0 Å². The number of aliphatic carboxylic acids is 1. The van der Waals surface area contributed by atoms with Gasteiger partial charge in [0.05, 0.1) is 6.61 Å². The Morgan fingerprint density at radius 1 is 1.27 bits per heavy atom. The van der Waals surface area contributed by atoms with Crippen molar-refractivity contribution in [2.75, 3.05) is 6.61 Å². The maximum atomic E-state index is 11.8. The summed E-state index contributed by atoms with van der Waals surface area (Å²) in [5.74, 6) is -1.31. The van der Waals surface area contributed by atoms with Crippen molar-refractivity contribution in [3.8, 4) is 0 Å². The highest BCUT2D eigenvalue weighted by atomic mass is 16.5. The third-order valence-electron chi connectivity index (χ3n) is 3.60. The lowest BCUT2D eigenvalue weighted by molar-refractivity contribution is -0.143. The van der Waals surface area contributed by atoms with Crippen LogP contribution in [0.3, 0.4) is 0 Å². The second kappa shape index (κ2) is 9.95. The second-order valence-corrected chi connectivity index (χ2v) is 5.41. The van der Waals surface area contributed by atoms with Gasteiger partial charge < -0.3 is 15.2 Å². The highest BCUT2D eigenvalue weighted by Gasteiger charge is 2.24. The van der Waals surface area contributed by atoms with Gasteiger partial charge in [0.2, 0.25) is 5.91 Å². The Hall–Kier alpha value is -1.88. The molecule has 1 rings (SSSR count). The van der Waals surface area contributed by atoms with Crippen molar-refractivity contribution in [2.24, 2.45) is 5.92 Å². The van der Waals surface area contributed by atoms with Crippen LogP contribution in [0.2, 0.25) is 0 Å². The summed E-state index contributed by atoms with van der Waals surface area (Å²) in [6, 6.07) is 9.00. The van der Waals surface area contributed by atoms with Crippen LogP contribution in [0.25, 0.3) is 0 Å². The minimum atomic E-state index is -0.983. The molecule has 0 heterocycles. The molecule has 2 atom stereocenters. The van der Waals surface area contributed by atoms with E-state index in [2.05, 4.69) is 5.32 Å². The summed E-state index contributed by atoms with van der Waals surface area (Å²) < 4.78 is 5.49. The highest BCUT2D eigenvalue weighted by molar-refractivity contribution is 5.83. The van der Waals surface area contributed by atoms with Gasteiger partial charge in [-0.1, -0.05) is 50.6 Å². The molecule has 122 valence electrons. The van der Waals surface area contributed by atoms with Crippen LogP contribution in [-0.2, 0) is 20.9 Å². The Kier molecular flexibility index (Phi) is 8.22. The number of hydrogen-bond donors (Lipinski definition) is 2. The summed E-state index contributed by atoms with van der Waals surface area (Å²) >= 11 is 0. The van der Waals surface area contributed by atoms with Crippen molar-refractivity contribution in [1.29, 1.82) is 0 Å². The molecule has 0 aliphatic carbocycles. The smallest absolute Gasteiger partial charge is 0.326 e. The third-order valence-corrected chi connectivity index (χ3v) is 3.60. The van der Waals surface area contributed by atoms with Crippen molar-refractivity contribution in [3.63, 3.8) is 0 Å². The third kappa shape index (κ3) is 6.72. The predicted octanol–water partition coefficient (Wildman–Crippen LogP) is 2.60. The number of benzene rings is 1. The molecule has 2 unspecified atom stereocenters. The Bertz CT molecular complexity index is 461. The van der Waals surface area contributed by atoms with Crippen LogP contribution in [0.1, 0.15) is 38.7 Å². The van der Waals surface area contributed by atoms with Crippen LogP contribution in [0.5, 0.6) is 0 Å². The summed E-state index contributed by atoms with van der Waals surface area (Å²) in [6.07, 6.45) is 1.55. The quantitative estimate of drug-likeness (QED) is 0.652. The molecule has 22 heavy (non-hydrogen) atoms. The summed E-state index contributed by atoms with van der Waals surface area (Å²) in [5, 5.41) is 11.7. The SMILES string of the molecule is CCC(C)C(NC(=O)CCCOCc1ccccc1)C(=O)O. The van der Waals surface area contributed by atoms with E-state index in [-0.39, 0.29) is 18.2 Å². The van der Waals surface area contributed by atoms with Gasteiger partial charge in [-0.25, -0.2) is 4.79 Å². The van der Waals surface area contributed by atoms with Crippen molar-refractivity contribution >= 4 is 11.9 Å². The number of carboxylic acids is 1. The van der Waals surface area contributed by atoms with Gasteiger partial charge in [-0.2, -0.15) is 0 Å². The van der Waals surface area contributed by atoms with Gasteiger partial charge in [0.25, 0.3) is 0 Å². The van der Waals surface area contributed by atoms with Crippen LogP contribution in [0.15, 0.2) is 30.3 Å². The number of hydrogen-bond acceptors (Lipinski definition) is 3. The molecule has 0 aromatic heterocycles. The van der Waals surface area contributed by atoms with Gasteiger partial charge in [-0.15, -0.1) is 0 Å². The number of carboxylic acid groups (broad SMARTS) is 1. The lowest BCUT2D eigenvalue weighted by Crippen LogP contribution is -2.45. The second-order valence-electron chi connectivity index (χ2n) is 5.41. The molecule has 0 saturated heterocycles. The maximum Gasteiger partial charge on any atom is 0.326 e. The molecule has 0 bridgehead atoms. The average molecular weight is 307 g/mol. The van der Waals surface area contributed by atoms with Crippen LogP contribution in [0.4, 0.5) is 0 Å². The van der Waals surface area contributed by atoms with Gasteiger partial charge in [0, 0.05) is 13.0 Å². The Morgan fingerprint density at radius 2 is 1.95 bits per heavy atom.